The lowest BCUT2D eigenvalue weighted by Crippen LogP contribution is -2.18. The van der Waals surface area contributed by atoms with Crippen LogP contribution in [0.2, 0.25) is 0 Å². The first-order chi connectivity index (χ1) is 9.97. The van der Waals surface area contributed by atoms with Gasteiger partial charge in [0.05, 0.1) is 9.40 Å². The van der Waals surface area contributed by atoms with Crippen molar-refractivity contribution in [1.29, 1.82) is 0 Å². The van der Waals surface area contributed by atoms with E-state index < -0.39 is 4.92 Å². The first-order valence-corrected chi connectivity index (χ1v) is 7.18. The van der Waals surface area contributed by atoms with Crippen LogP contribution in [0.4, 0.5) is 10.1 Å². The van der Waals surface area contributed by atoms with E-state index in [0.717, 1.165) is 11.1 Å². The van der Waals surface area contributed by atoms with Gasteiger partial charge in [0.2, 0.25) is 0 Å². The summed E-state index contributed by atoms with van der Waals surface area (Å²) in [6.45, 7) is 2.38. The van der Waals surface area contributed by atoms with Crippen LogP contribution in [0, 0.1) is 15.9 Å². The van der Waals surface area contributed by atoms with Gasteiger partial charge in [-0.15, -0.1) is 0 Å². The molecule has 0 unspecified atom stereocenters. The Morgan fingerprint density at radius 3 is 2.76 bits per heavy atom. The smallest absolute Gasteiger partial charge is 0.283 e. The molecule has 0 aliphatic carbocycles. The Hall–Kier alpha value is -1.79. The molecular weight excluding hydrogens is 339 g/mol. The lowest BCUT2D eigenvalue weighted by Gasteiger charge is -2.14. The van der Waals surface area contributed by atoms with Gasteiger partial charge in [-0.25, -0.2) is 4.39 Å². The molecule has 0 amide bonds. The number of halogens is 2. The van der Waals surface area contributed by atoms with E-state index >= 15 is 0 Å². The minimum absolute atomic E-state index is 0.0349. The fourth-order valence-electron chi connectivity index (χ4n) is 1.97. The zero-order valence-electron chi connectivity index (χ0n) is 11.3. The number of nitro benzene ring substituents is 1. The standard InChI is InChI=1S/C15H14BrFN2O2/c1-10(12-3-2-4-13(17)8-12)18-9-11-5-6-14(16)15(7-11)19(20)21/h2-8,10,18H,9H2,1H3/t10-/m1/s1. The molecule has 0 saturated heterocycles. The molecule has 6 heteroatoms. The molecule has 1 atom stereocenters. The Morgan fingerprint density at radius 2 is 2.10 bits per heavy atom. The van der Waals surface area contributed by atoms with Crippen molar-refractivity contribution < 1.29 is 9.31 Å². The van der Waals surface area contributed by atoms with Crippen molar-refractivity contribution in [3.8, 4) is 0 Å². The van der Waals surface area contributed by atoms with Gasteiger partial charge in [-0.3, -0.25) is 10.1 Å². The molecule has 0 aliphatic heterocycles. The Bertz CT molecular complexity index is 664. The van der Waals surface area contributed by atoms with Crippen molar-refractivity contribution >= 4 is 21.6 Å². The molecule has 110 valence electrons. The molecule has 0 heterocycles. The van der Waals surface area contributed by atoms with Crippen LogP contribution in [-0.2, 0) is 6.54 Å². The fourth-order valence-corrected chi connectivity index (χ4v) is 2.36. The molecule has 21 heavy (non-hydrogen) atoms. The summed E-state index contributed by atoms with van der Waals surface area (Å²) in [7, 11) is 0. The van der Waals surface area contributed by atoms with Gasteiger partial charge in [0.15, 0.2) is 0 Å². The molecule has 0 bridgehead atoms. The van der Waals surface area contributed by atoms with Crippen molar-refractivity contribution in [2.75, 3.05) is 0 Å². The minimum atomic E-state index is -0.427. The summed E-state index contributed by atoms with van der Waals surface area (Å²) in [4.78, 5) is 10.5. The zero-order valence-corrected chi connectivity index (χ0v) is 12.9. The van der Waals surface area contributed by atoms with Crippen LogP contribution in [-0.4, -0.2) is 4.92 Å². The van der Waals surface area contributed by atoms with Crippen molar-refractivity contribution in [3.63, 3.8) is 0 Å². The number of nitro groups is 1. The average Bonchev–Trinajstić information content (AvgIpc) is 2.45. The zero-order chi connectivity index (χ0) is 15.4. The molecule has 2 rings (SSSR count). The maximum atomic E-state index is 13.2. The number of rotatable bonds is 5. The van der Waals surface area contributed by atoms with E-state index in [-0.39, 0.29) is 17.5 Å². The van der Waals surface area contributed by atoms with Crippen molar-refractivity contribution in [2.45, 2.75) is 19.5 Å². The molecular formula is C15H14BrFN2O2. The fraction of sp³-hybridized carbons (Fsp3) is 0.200. The second-order valence-corrected chi connectivity index (χ2v) is 5.55. The highest BCUT2D eigenvalue weighted by Gasteiger charge is 2.13. The molecule has 4 nitrogen and oxygen atoms in total. The summed E-state index contributed by atoms with van der Waals surface area (Å²) in [6, 6.07) is 11.3. The summed E-state index contributed by atoms with van der Waals surface area (Å²) in [5.41, 5.74) is 1.67. The SMILES string of the molecule is C[C@@H](NCc1ccc(Br)c([N+](=O)[O-])c1)c1cccc(F)c1. The summed E-state index contributed by atoms with van der Waals surface area (Å²) >= 11 is 3.15. The number of nitrogens with zero attached hydrogens (tertiary/aromatic N) is 1. The first-order valence-electron chi connectivity index (χ1n) is 6.39. The van der Waals surface area contributed by atoms with E-state index in [4.69, 9.17) is 0 Å². The molecule has 2 aromatic rings. The van der Waals surface area contributed by atoms with Crippen LogP contribution in [0.1, 0.15) is 24.1 Å². The molecule has 1 N–H and O–H groups in total. The average molecular weight is 353 g/mol. The highest BCUT2D eigenvalue weighted by Crippen LogP contribution is 2.26. The first kappa shape index (κ1) is 15.6. The van der Waals surface area contributed by atoms with E-state index in [1.807, 2.05) is 19.1 Å². The third-order valence-electron chi connectivity index (χ3n) is 3.17. The Balaban J connectivity index is 2.06. The molecule has 2 aromatic carbocycles. The van der Waals surface area contributed by atoms with Gasteiger partial charge in [0.25, 0.3) is 5.69 Å². The van der Waals surface area contributed by atoms with Gasteiger partial charge >= 0.3 is 0 Å². The molecule has 0 fully saturated rings. The number of nitrogens with one attached hydrogen (secondary N) is 1. The predicted molar refractivity (Wildman–Crippen MR) is 82.5 cm³/mol. The van der Waals surface area contributed by atoms with Gasteiger partial charge in [-0.1, -0.05) is 18.2 Å². The third kappa shape index (κ3) is 4.09. The third-order valence-corrected chi connectivity index (χ3v) is 3.84. The summed E-state index contributed by atoms with van der Waals surface area (Å²) < 4.78 is 13.6. The lowest BCUT2D eigenvalue weighted by atomic mass is 10.1. The van der Waals surface area contributed by atoms with Gasteiger partial charge in [0.1, 0.15) is 5.82 Å². The van der Waals surface area contributed by atoms with Crippen LogP contribution in [0.15, 0.2) is 46.9 Å². The van der Waals surface area contributed by atoms with Crippen molar-refractivity contribution in [3.05, 3.63) is 74.0 Å². The van der Waals surface area contributed by atoms with E-state index in [1.54, 1.807) is 12.1 Å². The van der Waals surface area contributed by atoms with Crippen LogP contribution in [0.25, 0.3) is 0 Å². The van der Waals surface area contributed by atoms with Crippen LogP contribution >= 0.6 is 15.9 Å². The molecule has 0 radical (unpaired) electrons. The Kier molecular flexibility index (Phi) is 5.03. The number of hydrogen-bond acceptors (Lipinski definition) is 3. The predicted octanol–water partition coefficient (Wildman–Crippen LogP) is 4.35. The van der Waals surface area contributed by atoms with Gasteiger partial charge < -0.3 is 5.32 Å². The van der Waals surface area contributed by atoms with Crippen molar-refractivity contribution in [1.82, 2.24) is 5.32 Å². The van der Waals surface area contributed by atoms with E-state index in [0.29, 0.717) is 11.0 Å². The van der Waals surface area contributed by atoms with Crippen LogP contribution in [0.5, 0.6) is 0 Å². The van der Waals surface area contributed by atoms with Crippen LogP contribution in [0.3, 0.4) is 0 Å². The highest BCUT2D eigenvalue weighted by atomic mass is 79.9. The van der Waals surface area contributed by atoms with Gasteiger partial charge in [0, 0.05) is 18.7 Å². The Labute approximate surface area is 130 Å². The maximum absolute atomic E-state index is 13.2. The topological polar surface area (TPSA) is 55.2 Å². The Morgan fingerprint density at radius 1 is 1.33 bits per heavy atom. The van der Waals surface area contributed by atoms with Gasteiger partial charge in [-0.05, 0) is 52.2 Å². The molecule has 0 saturated carbocycles. The summed E-state index contributed by atoms with van der Waals surface area (Å²) in [6.07, 6.45) is 0. The minimum Gasteiger partial charge on any atom is -0.306 e. The number of benzene rings is 2. The maximum Gasteiger partial charge on any atom is 0.283 e. The van der Waals surface area contributed by atoms with Crippen molar-refractivity contribution in [2.24, 2.45) is 0 Å². The summed E-state index contributed by atoms with van der Waals surface area (Å²) in [5, 5.41) is 14.1. The largest absolute Gasteiger partial charge is 0.306 e. The highest BCUT2D eigenvalue weighted by molar-refractivity contribution is 9.10. The molecule has 0 aromatic heterocycles. The van der Waals surface area contributed by atoms with Gasteiger partial charge in [-0.2, -0.15) is 0 Å². The van der Waals surface area contributed by atoms with E-state index in [9.17, 15) is 14.5 Å². The second kappa shape index (κ2) is 6.78. The normalized spacial score (nSPS) is 12.1. The second-order valence-electron chi connectivity index (χ2n) is 4.70. The van der Waals surface area contributed by atoms with E-state index in [1.165, 1.54) is 18.2 Å². The summed E-state index contributed by atoms with van der Waals surface area (Å²) in [5.74, 6) is -0.277. The quantitative estimate of drug-likeness (QED) is 0.642. The molecule has 0 spiro atoms. The molecule has 0 aliphatic rings. The number of hydrogen-bond donors (Lipinski definition) is 1. The van der Waals surface area contributed by atoms with E-state index in [2.05, 4.69) is 21.2 Å². The monoisotopic (exact) mass is 352 g/mol. The lowest BCUT2D eigenvalue weighted by molar-refractivity contribution is -0.385. The van der Waals surface area contributed by atoms with Crippen LogP contribution < -0.4 is 5.32 Å².